The minimum absolute atomic E-state index is 0.0205. The summed E-state index contributed by atoms with van der Waals surface area (Å²) in [5.41, 5.74) is 0.873. The van der Waals surface area contributed by atoms with Crippen LogP contribution in [0.5, 0.6) is 11.6 Å². The Hall–Kier alpha value is -4.12. The highest BCUT2D eigenvalue weighted by Gasteiger charge is 2.43. The van der Waals surface area contributed by atoms with Crippen molar-refractivity contribution in [3.63, 3.8) is 0 Å². The van der Waals surface area contributed by atoms with Gasteiger partial charge < -0.3 is 19.1 Å². The number of pyridine rings is 1. The molecule has 3 rings (SSSR count). The number of aromatic nitrogens is 1. The van der Waals surface area contributed by atoms with Gasteiger partial charge in [0, 0.05) is 29.0 Å². The Morgan fingerprint density at radius 2 is 2.09 bits per heavy atom. The molecule has 1 aliphatic heterocycles. The van der Waals surface area contributed by atoms with Gasteiger partial charge in [0.25, 0.3) is 0 Å². The quantitative estimate of drug-likeness (QED) is 0.333. The maximum Gasteiger partial charge on any atom is 0.573 e. The number of hydrogen-bond donors (Lipinski definition) is 0. The van der Waals surface area contributed by atoms with Crippen LogP contribution in [0.15, 0.2) is 35.5 Å². The Morgan fingerprint density at radius 1 is 1.32 bits per heavy atom. The molecule has 0 bridgehead atoms. The molecule has 2 unspecified atom stereocenters. The van der Waals surface area contributed by atoms with Gasteiger partial charge in [-0.2, -0.15) is 5.26 Å². The molecule has 8 nitrogen and oxygen atoms in total. The normalized spacial score (nSPS) is 17.0. The minimum Gasteiger partial charge on any atom is -0.478 e. The van der Waals surface area contributed by atoms with Crippen LogP contribution in [0.1, 0.15) is 36.5 Å². The number of rotatable bonds is 7. The third-order valence-corrected chi connectivity index (χ3v) is 5.01. The molecular weight excluding hydrogens is 453 g/mol. The second-order valence-corrected chi connectivity index (χ2v) is 7.15. The zero-order valence-electron chi connectivity index (χ0n) is 18.2. The first-order valence-corrected chi connectivity index (χ1v) is 10.2. The number of nitrogens with zero attached hydrogens (tertiary/aromatic N) is 4. The summed E-state index contributed by atoms with van der Waals surface area (Å²) < 4.78 is 54.9. The van der Waals surface area contributed by atoms with Crippen molar-refractivity contribution >= 4 is 17.4 Å². The Labute approximate surface area is 193 Å². The number of aliphatic imine (C=N–C) groups is 1. The molecular formula is C23H19F3N4O4. The molecule has 0 N–H and O–H groups in total. The standard InChI is InChI=1S/C23H19F3N4O4/c1-4-32-21-20-16(7-8-29-21)30-13(2)18(22(31)33-10-9-28-3)19(20)15-6-5-14(12-27)11-17(15)34-23(24,25)26/h5-8,11,18-19H,4,9-10H2,1-2H3. The molecule has 1 aliphatic rings. The van der Waals surface area contributed by atoms with E-state index in [2.05, 4.69) is 19.6 Å². The number of esters is 1. The monoisotopic (exact) mass is 472 g/mol. The van der Waals surface area contributed by atoms with Crippen LogP contribution < -0.4 is 9.47 Å². The lowest BCUT2D eigenvalue weighted by Crippen LogP contribution is -2.34. The first-order chi connectivity index (χ1) is 16.2. The first kappa shape index (κ1) is 24.5. The molecule has 0 saturated heterocycles. The van der Waals surface area contributed by atoms with Gasteiger partial charge in [0.2, 0.25) is 12.4 Å². The van der Waals surface area contributed by atoms with Gasteiger partial charge in [0.1, 0.15) is 11.7 Å². The van der Waals surface area contributed by atoms with E-state index < -0.39 is 29.9 Å². The van der Waals surface area contributed by atoms with E-state index in [-0.39, 0.29) is 36.8 Å². The lowest BCUT2D eigenvalue weighted by molar-refractivity contribution is -0.274. The van der Waals surface area contributed by atoms with Gasteiger partial charge in [-0.25, -0.2) is 11.6 Å². The molecule has 0 amide bonds. The van der Waals surface area contributed by atoms with Crippen LogP contribution in [0.25, 0.3) is 4.85 Å². The molecule has 176 valence electrons. The second-order valence-electron chi connectivity index (χ2n) is 7.15. The van der Waals surface area contributed by atoms with E-state index in [0.29, 0.717) is 17.0 Å². The molecule has 0 fully saturated rings. The average Bonchev–Trinajstić information content (AvgIpc) is 2.77. The molecule has 11 heteroatoms. The van der Waals surface area contributed by atoms with Crippen LogP contribution in [0.3, 0.4) is 0 Å². The topological polar surface area (TPSA) is 98.2 Å². The zero-order chi connectivity index (χ0) is 24.9. The molecule has 0 aliphatic carbocycles. The van der Waals surface area contributed by atoms with Crippen molar-refractivity contribution in [2.75, 3.05) is 19.8 Å². The molecule has 2 heterocycles. The summed E-state index contributed by atoms with van der Waals surface area (Å²) in [6, 6.07) is 6.93. The Balaban J connectivity index is 2.26. The summed E-state index contributed by atoms with van der Waals surface area (Å²) >= 11 is 0. The number of nitriles is 1. The number of benzene rings is 1. The highest BCUT2D eigenvalue weighted by atomic mass is 19.4. The number of halogens is 3. The molecule has 0 spiro atoms. The van der Waals surface area contributed by atoms with Crippen molar-refractivity contribution in [3.8, 4) is 17.7 Å². The third kappa shape index (κ3) is 5.26. The lowest BCUT2D eigenvalue weighted by atomic mass is 9.75. The molecule has 0 saturated carbocycles. The summed E-state index contributed by atoms with van der Waals surface area (Å²) in [5.74, 6) is -3.53. The highest BCUT2D eigenvalue weighted by Crippen LogP contribution is 2.49. The highest BCUT2D eigenvalue weighted by molar-refractivity contribution is 6.05. The van der Waals surface area contributed by atoms with Crippen LogP contribution >= 0.6 is 0 Å². The van der Waals surface area contributed by atoms with Crippen LogP contribution in [0.4, 0.5) is 18.9 Å². The minimum atomic E-state index is -5.05. The van der Waals surface area contributed by atoms with Crippen LogP contribution in [-0.4, -0.2) is 42.8 Å². The van der Waals surface area contributed by atoms with E-state index in [4.69, 9.17) is 16.0 Å². The number of carbonyl (C=O) groups is 1. The van der Waals surface area contributed by atoms with E-state index in [1.54, 1.807) is 26.0 Å². The SMILES string of the molecule is [C-]#[N+]CCOC(=O)C1C(C)=Nc2ccnc(OCC)c2C1c1ccc(C#N)cc1OC(F)(F)F. The molecule has 2 atom stereocenters. The van der Waals surface area contributed by atoms with Crippen molar-refractivity contribution in [3.05, 3.63) is 58.6 Å². The van der Waals surface area contributed by atoms with Gasteiger partial charge in [0.05, 0.1) is 23.9 Å². The smallest absolute Gasteiger partial charge is 0.478 e. The Morgan fingerprint density at radius 3 is 2.74 bits per heavy atom. The van der Waals surface area contributed by atoms with Crippen LogP contribution in [0.2, 0.25) is 0 Å². The van der Waals surface area contributed by atoms with Gasteiger partial charge in [-0.3, -0.25) is 9.79 Å². The fourth-order valence-electron chi connectivity index (χ4n) is 3.75. The third-order valence-electron chi connectivity index (χ3n) is 5.01. The summed E-state index contributed by atoms with van der Waals surface area (Å²) in [5, 5.41) is 9.20. The van der Waals surface area contributed by atoms with Crippen LogP contribution in [-0.2, 0) is 9.53 Å². The molecule has 34 heavy (non-hydrogen) atoms. The largest absolute Gasteiger partial charge is 0.573 e. The maximum absolute atomic E-state index is 13.3. The van der Waals surface area contributed by atoms with E-state index in [1.165, 1.54) is 18.3 Å². The maximum atomic E-state index is 13.3. The fraction of sp³-hybridized carbons (Fsp3) is 0.348. The fourth-order valence-corrected chi connectivity index (χ4v) is 3.75. The van der Waals surface area contributed by atoms with Crippen molar-refractivity contribution in [1.29, 1.82) is 5.26 Å². The summed E-state index contributed by atoms with van der Waals surface area (Å²) in [6.45, 7) is 10.1. The molecule has 2 aromatic rings. The van der Waals surface area contributed by atoms with Gasteiger partial charge in [-0.05, 0) is 32.0 Å². The summed E-state index contributed by atoms with van der Waals surface area (Å²) in [4.78, 5) is 24.9. The first-order valence-electron chi connectivity index (χ1n) is 10.2. The zero-order valence-corrected chi connectivity index (χ0v) is 18.2. The van der Waals surface area contributed by atoms with E-state index in [0.717, 1.165) is 6.07 Å². The number of ether oxygens (including phenoxy) is 3. The molecule has 0 radical (unpaired) electrons. The number of carbonyl (C=O) groups excluding carboxylic acids is 1. The lowest BCUT2D eigenvalue weighted by Gasteiger charge is -2.32. The van der Waals surface area contributed by atoms with E-state index >= 15 is 0 Å². The predicted molar refractivity (Wildman–Crippen MR) is 114 cm³/mol. The Kier molecular flexibility index (Phi) is 7.37. The van der Waals surface area contributed by atoms with E-state index in [9.17, 15) is 23.2 Å². The predicted octanol–water partition coefficient (Wildman–Crippen LogP) is 4.57. The van der Waals surface area contributed by atoms with Gasteiger partial charge in [-0.1, -0.05) is 6.07 Å². The second kappa shape index (κ2) is 10.2. The van der Waals surface area contributed by atoms with Crippen molar-refractivity contribution in [1.82, 2.24) is 4.98 Å². The summed E-state index contributed by atoms with van der Waals surface area (Å²) in [7, 11) is 0. The summed E-state index contributed by atoms with van der Waals surface area (Å²) in [6.07, 6.45) is -3.61. The van der Waals surface area contributed by atoms with Gasteiger partial charge >= 0.3 is 12.3 Å². The van der Waals surface area contributed by atoms with Crippen molar-refractivity contribution < 1.29 is 32.2 Å². The van der Waals surface area contributed by atoms with Crippen LogP contribution in [0, 0.1) is 23.8 Å². The van der Waals surface area contributed by atoms with Crippen molar-refractivity contribution in [2.45, 2.75) is 26.1 Å². The Bertz CT molecular complexity index is 1200. The number of hydrogen-bond acceptors (Lipinski definition) is 7. The number of fused-ring (bicyclic) bond motifs is 1. The van der Waals surface area contributed by atoms with Crippen molar-refractivity contribution in [2.24, 2.45) is 10.9 Å². The van der Waals surface area contributed by atoms with Gasteiger partial charge in [0.15, 0.2) is 6.61 Å². The molecule has 1 aromatic carbocycles. The average molecular weight is 472 g/mol. The number of alkyl halides is 3. The van der Waals surface area contributed by atoms with Gasteiger partial charge in [-0.15, -0.1) is 13.2 Å². The molecule has 1 aromatic heterocycles. The van der Waals surface area contributed by atoms with E-state index in [1.807, 2.05) is 0 Å².